The molecule has 1 N–H and O–H groups in total. The molecule has 7 heteroatoms. The van der Waals surface area contributed by atoms with E-state index in [1.807, 2.05) is 5.38 Å². The first kappa shape index (κ1) is 15.8. The molecule has 0 unspecified atom stereocenters. The molecule has 0 radical (unpaired) electrons. The second-order valence-electron chi connectivity index (χ2n) is 4.54. The number of carbonyl (C=O) groups is 1. The molecule has 0 saturated carbocycles. The number of ether oxygens (including phenoxy) is 1. The number of nitrogens with zero attached hydrogens (tertiary/aromatic N) is 1. The number of anilines is 1. The fourth-order valence-electron chi connectivity index (χ4n) is 1.87. The van der Waals surface area contributed by atoms with Crippen LogP contribution in [-0.2, 0) is 0 Å². The van der Waals surface area contributed by atoms with Gasteiger partial charge >= 0.3 is 0 Å². The summed E-state index contributed by atoms with van der Waals surface area (Å²) in [6.45, 7) is 0. The van der Waals surface area contributed by atoms with Gasteiger partial charge in [-0.1, -0.05) is 34.5 Å². The minimum atomic E-state index is -0.260. The molecule has 23 heavy (non-hydrogen) atoms. The normalized spacial score (nSPS) is 10.3. The van der Waals surface area contributed by atoms with E-state index in [2.05, 4.69) is 10.3 Å². The number of carbonyl (C=O) groups excluding carboxylic acids is 1. The molecule has 116 valence electrons. The highest BCUT2D eigenvalue weighted by molar-refractivity contribution is 7.11. The van der Waals surface area contributed by atoms with Gasteiger partial charge in [-0.3, -0.25) is 4.79 Å². The number of hydrogen-bond donors (Lipinski definition) is 1. The van der Waals surface area contributed by atoms with Gasteiger partial charge in [0, 0.05) is 32.9 Å². The molecule has 0 bridgehead atoms. The van der Waals surface area contributed by atoms with Crippen molar-refractivity contribution in [3.63, 3.8) is 0 Å². The smallest absolute Gasteiger partial charge is 0.278 e. The molecule has 3 aromatic rings. The third-order valence-corrected chi connectivity index (χ3v) is 3.94. The lowest BCUT2D eigenvalue weighted by Gasteiger charge is -2.07. The fraction of sp³-hybridized carbons (Fsp3) is 0. The third-order valence-electron chi connectivity index (χ3n) is 2.85. The first-order valence-electron chi connectivity index (χ1n) is 6.55. The highest BCUT2D eigenvalue weighted by Gasteiger charge is 2.08. The Morgan fingerprint density at radius 1 is 1.09 bits per heavy atom. The van der Waals surface area contributed by atoms with E-state index in [1.54, 1.807) is 48.7 Å². The number of benzene rings is 2. The minimum absolute atomic E-state index is 0.260. The van der Waals surface area contributed by atoms with E-state index in [4.69, 9.17) is 27.9 Å². The van der Waals surface area contributed by atoms with E-state index in [9.17, 15) is 4.79 Å². The van der Waals surface area contributed by atoms with Crippen LogP contribution in [0.3, 0.4) is 0 Å². The van der Waals surface area contributed by atoms with Crippen molar-refractivity contribution in [1.82, 2.24) is 4.98 Å². The van der Waals surface area contributed by atoms with Gasteiger partial charge in [0.05, 0.1) is 0 Å². The van der Waals surface area contributed by atoms with Gasteiger partial charge in [0.25, 0.3) is 11.1 Å². The lowest BCUT2D eigenvalue weighted by atomic mass is 10.2. The van der Waals surface area contributed by atoms with E-state index >= 15 is 0 Å². The van der Waals surface area contributed by atoms with Gasteiger partial charge in [-0.05, 0) is 42.5 Å². The van der Waals surface area contributed by atoms with Crippen LogP contribution in [0, 0.1) is 0 Å². The van der Waals surface area contributed by atoms with E-state index < -0.39 is 0 Å². The molecular weight excluding hydrogens is 355 g/mol. The summed E-state index contributed by atoms with van der Waals surface area (Å²) in [4.78, 5) is 16.2. The number of halogens is 2. The van der Waals surface area contributed by atoms with Crippen LogP contribution in [0.15, 0.2) is 54.0 Å². The van der Waals surface area contributed by atoms with Crippen LogP contribution in [0.1, 0.15) is 10.4 Å². The number of rotatable bonds is 4. The minimum Gasteiger partial charge on any atom is -0.431 e. The molecule has 1 amide bonds. The first-order valence-corrected chi connectivity index (χ1v) is 8.18. The fourth-order valence-corrected chi connectivity index (χ4v) is 2.90. The second-order valence-corrected chi connectivity index (χ2v) is 6.27. The van der Waals surface area contributed by atoms with Crippen molar-refractivity contribution >= 4 is 46.1 Å². The predicted molar refractivity (Wildman–Crippen MR) is 93.0 cm³/mol. The van der Waals surface area contributed by atoms with Gasteiger partial charge in [0.1, 0.15) is 5.75 Å². The van der Waals surface area contributed by atoms with Gasteiger partial charge in [-0.2, -0.15) is 0 Å². The standard InChI is InChI=1S/C16H10Cl2N2O2S/c17-11-7-12(18)9-13(8-11)20-15(21)10-1-3-14(4-2-10)22-16-19-5-6-23-16/h1-9H,(H,20,21). The van der Waals surface area contributed by atoms with Gasteiger partial charge in [0.2, 0.25) is 0 Å². The van der Waals surface area contributed by atoms with Crippen molar-refractivity contribution in [3.05, 3.63) is 69.7 Å². The molecule has 0 saturated heterocycles. The van der Waals surface area contributed by atoms with E-state index in [0.29, 0.717) is 32.2 Å². The van der Waals surface area contributed by atoms with Crippen LogP contribution in [-0.4, -0.2) is 10.9 Å². The summed E-state index contributed by atoms with van der Waals surface area (Å²) in [6.07, 6.45) is 1.66. The van der Waals surface area contributed by atoms with Gasteiger partial charge < -0.3 is 10.1 Å². The Labute approximate surface area is 146 Å². The predicted octanol–water partition coefficient (Wildman–Crippen LogP) is 5.49. The zero-order valence-electron chi connectivity index (χ0n) is 11.6. The molecule has 0 fully saturated rings. The summed E-state index contributed by atoms with van der Waals surface area (Å²) in [5, 5.41) is 6.04. The van der Waals surface area contributed by atoms with E-state index in [1.165, 1.54) is 11.3 Å². The van der Waals surface area contributed by atoms with Crippen molar-refractivity contribution in [2.75, 3.05) is 5.32 Å². The molecule has 1 aromatic heterocycles. The van der Waals surface area contributed by atoms with Crippen LogP contribution in [0.5, 0.6) is 10.9 Å². The quantitative estimate of drug-likeness (QED) is 0.665. The molecule has 3 rings (SSSR count). The molecular formula is C16H10Cl2N2O2S. The zero-order chi connectivity index (χ0) is 16.2. The van der Waals surface area contributed by atoms with Crippen LogP contribution in [0.2, 0.25) is 10.0 Å². The van der Waals surface area contributed by atoms with Gasteiger partial charge in [0.15, 0.2) is 0 Å². The lowest BCUT2D eigenvalue weighted by molar-refractivity contribution is 0.102. The maximum atomic E-state index is 12.2. The Bertz CT molecular complexity index is 800. The van der Waals surface area contributed by atoms with E-state index in [0.717, 1.165) is 0 Å². The molecule has 0 aliphatic rings. The van der Waals surface area contributed by atoms with Crippen LogP contribution >= 0.6 is 34.5 Å². The summed E-state index contributed by atoms with van der Waals surface area (Å²) in [5.74, 6) is 0.353. The average Bonchev–Trinajstić information content (AvgIpc) is 3.00. The van der Waals surface area contributed by atoms with Crippen molar-refractivity contribution in [3.8, 4) is 10.9 Å². The molecule has 0 atom stereocenters. The van der Waals surface area contributed by atoms with Crippen molar-refractivity contribution in [2.45, 2.75) is 0 Å². The summed E-state index contributed by atoms with van der Waals surface area (Å²) >= 11 is 13.2. The summed E-state index contributed by atoms with van der Waals surface area (Å²) < 4.78 is 5.54. The lowest BCUT2D eigenvalue weighted by Crippen LogP contribution is -2.11. The Hall–Kier alpha value is -2.08. The molecule has 0 spiro atoms. The van der Waals surface area contributed by atoms with Crippen molar-refractivity contribution in [1.29, 1.82) is 0 Å². The first-order chi connectivity index (χ1) is 11.1. The van der Waals surface area contributed by atoms with Crippen LogP contribution < -0.4 is 10.1 Å². The largest absolute Gasteiger partial charge is 0.431 e. The Morgan fingerprint density at radius 3 is 2.39 bits per heavy atom. The Kier molecular flexibility index (Phi) is 4.81. The summed E-state index contributed by atoms with van der Waals surface area (Å²) in [6, 6.07) is 11.6. The Balaban J connectivity index is 1.70. The van der Waals surface area contributed by atoms with Gasteiger partial charge in [-0.25, -0.2) is 4.98 Å². The average molecular weight is 365 g/mol. The third kappa shape index (κ3) is 4.22. The zero-order valence-corrected chi connectivity index (χ0v) is 14.0. The monoisotopic (exact) mass is 364 g/mol. The number of nitrogens with one attached hydrogen (secondary N) is 1. The van der Waals surface area contributed by atoms with Crippen LogP contribution in [0.4, 0.5) is 5.69 Å². The van der Waals surface area contributed by atoms with Crippen molar-refractivity contribution in [2.24, 2.45) is 0 Å². The van der Waals surface area contributed by atoms with Gasteiger partial charge in [-0.15, -0.1) is 0 Å². The highest BCUT2D eigenvalue weighted by Crippen LogP contribution is 2.25. The molecule has 0 aliphatic heterocycles. The number of thiazole rings is 1. The maximum Gasteiger partial charge on any atom is 0.278 e. The SMILES string of the molecule is O=C(Nc1cc(Cl)cc(Cl)c1)c1ccc(Oc2nccs2)cc1. The Morgan fingerprint density at radius 2 is 1.78 bits per heavy atom. The highest BCUT2D eigenvalue weighted by atomic mass is 35.5. The number of hydrogen-bond acceptors (Lipinski definition) is 4. The molecule has 2 aromatic carbocycles. The van der Waals surface area contributed by atoms with Crippen molar-refractivity contribution < 1.29 is 9.53 Å². The number of amides is 1. The number of aromatic nitrogens is 1. The maximum absolute atomic E-state index is 12.2. The molecule has 4 nitrogen and oxygen atoms in total. The second kappa shape index (κ2) is 7.00. The molecule has 1 heterocycles. The summed E-state index contributed by atoms with van der Waals surface area (Å²) in [7, 11) is 0. The van der Waals surface area contributed by atoms with E-state index in [-0.39, 0.29) is 5.91 Å². The molecule has 0 aliphatic carbocycles. The summed E-state index contributed by atoms with van der Waals surface area (Å²) in [5.41, 5.74) is 1.03. The van der Waals surface area contributed by atoms with Crippen LogP contribution in [0.25, 0.3) is 0 Å². The topological polar surface area (TPSA) is 51.2 Å².